The van der Waals surface area contributed by atoms with E-state index in [0.29, 0.717) is 24.6 Å². The van der Waals surface area contributed by atoms with Crippen LogP contribution in [0.5, 0.6) is 0 Å². The molecule has 0 aromatic heterocycles. The minimum atomic E-state index is -4.73. The predicted molar refractivity (Wildman–Crippen MR) is 60.8 cm³/mol. The maximum absolute atomic E-state index is 12.5. The molecule has 98 valence electrons. The molecule has 0 aliphatic carbocycles. The highest BCUT2D eigenvalue weighted by Gasteiger charge is 2.38. The van der Waals surface area contributed by atoms with Crippen LogP contribution in [-0.2, 0) is 6.18 Å². The van der Waals surface area contributed by atoms with E-state index < -0.39 is 22.4 Å². The van der Waals surface area contributed by atoms with Crippen LogP contribution >= 0.6 is 0 Å². The van der Waals surface area contributed by atoms with Gasteiger partial charge < -0.3 is 5.73 Å². The number of hydrogen-bond acceptors (Lipinski definition) is 3. The van der Waals surface area contributed by atoms with Crippen molar-refractivity contribution in [1.82, 2.24) is 0 Å². The lowest BCUT2D eigenvalue weighted by molar-refractivity contribution is -0.388. The number of nitrogens with zero attached hydrogens (tertiary/aromatic N) is 1. The Bertz CT molecular complexity index is 470. The molecule has 7 heteroatoms. The highest BCUT2D eigenvalue weighted by molar-refractivity contribution is 5.56. The van der Waals surface area contributed by atoms with Gasteiger partial charge in [-0.2, -0.15) is 13.2 Å². The van der Waals surface area contributed by atoms with Crippen LogP contribution in [0.15, 0.2) is 24.3 Å². The van der Waals surface area contributed by atoms with Crippen LogP contribution in [0, 0.1) is 10.1 Å². The molecule has 1 aromatic carbocycles. The standard InChI is InChI=1S/C11H11F3N2O2/c12-11(13,14)9-5-4-8(3-1-2-6-15)7-10(9)16(17)18/h1,3-5,7H,2,6,15H2. The molecule has 0 saturated carbocycles. The highest BCUT2D eigenvalue weighted by Crippen LogP contribution is 2.36. The molecule has 0 saturated heterocycles. The van der Waals surface area contributed by atoms with Crippen LogP contribution < -0.4 is 5.73 Å². The molecule has 18 heavy (non-hydrogen) atoms. The topological polar surface area (TPSA) is 69.2 Å². The van der Waals surface area contributed by atoms with E-state index in [0.717, 1.165) is 6.07 Å². The summed E-state index contributed by atoms with van der Waals surface area (Å²) >= 11 is 0. The zero-order chi connectivity index (χ0) is 13.8. The van der Waals surface area contributed by atoms with Crippen LogP contribution in [0.4, 0.5) is 18.9 Å². The molecule has 0 bridgehead atoms. The molecule has 0 heterocycles. The largest absolute Gasteiger partial charge is 0.422 e. The first-order valence-corrected chi connectivity index (χ1v) is 5.08. The van der Waals surface area contributed by atoms with E-state index >= 15 is 0 Å². The molecule has 0 radical (unpaired) electrons. The van der Waals surface area contributed by atoms with E-state index in [1.54, 1.807) is 6.08 Å². The number of alkyl halides is 3. The molecule has 0 aliphatic heterocycles. The van der Waals surface area contributed by atoms with E-state index in [4.69, 9.17) is 5.73 Å². The Morgan fingerprint density at radius 2 is 2.06 bits per heavy atom. The quantitative estimate of drug-likeness (QED) is 0.668. The van der Waals surface area contributed by atoms with E-state index in [2.05, 4.69) is 0 Å². The zero-order valence-corrected chi connectivity index (χ0v) is 9.28. The Labute approximate surface area is 101 Å². The van der Waals surface area contributed by atoms with Crippen molar-refractivity contribution in [3.63, 3.8) is 0 Å². The second-order valence-electron chi connectivity index (χ2n) is 3.51. The van der Waals surface area contributed by atoms with Gasteiger partial charge in [-0.1, -0.05) is 18.2 Å². The molecule has 0 amide bonds. The minimum Gasteiger partial charge on any atom is -0.330 e. The average Bonchev–Trinajstić information content (AvgIpc) is 2.27. The number of nitrogens with two attached hydrogens (primary N) is 1. The summed E-state index contributed by atoms with van der Waals surface area (Å²) in [5, 5.41) is 10.6. The first-order valence-electron chi connectivity index (χ1n) is 5.08. The van der Waals surface area contributed by atoms with Crippen LogP contribution in [0.3, 0.4) is 0 Å². The van der Waals surface area contributed by atoms with Gasteiger partial charge in [0.2, 0.25) is 0 Å². The Balaban J connectivity index is 3.16. The predicted octanol–water partition coefficient (Wildman–Crippen LogP) is 2.98. The summed E-state index contributed by atoms with van der Waals surface area (Å²) < 4.78 is 37.5. The van der Waals surface area contributed by atoms with E-state index in [1.165, 1.54) is 12.1 Å². The SMILES string of the molecule is NCCC=Cc1ccc(C(F)(F)F)c([N+](=O)[O-])c1. The molecule has 4 nitrogen and oxygen atoms in total. The summed E-state index contributed by atoms with van der Waals surface area (Å²) in [5.41, 5.74) is 3.39. The van der Waals surface area contributed by atoms with Gasteiger partial charge in [0.25, 0.3) is 5.69 Å². The average molecular weight is 260 g/mol. The smallest absolute Gasteiger partial charge is 0.330 e. The van der Waals surface area contributed by atoms with Crippen LogP contribution in [0.2, 0.25) is 0 Å². The molecular weight excluding hydrogens is 249 g/mol. The van der Waals surface area contributed by atoms with E-state index in [9.17, 15) is 23.3 Å². The number of hydrogen-bond donors (Lipinski definition) is 1. The van der Waals surface area contributed by atoms with Gasteiger partial charge in [0.1, 0.15) is 5.56 Å². The minimum absolute atomic E-state index is 0.336. The Hall–Kier alpha value is -1.89. The van der Waals surface area contributed by atoms with Crippen molar-refractivity contribution in [2.45, 2.75) is 12.6 Å². The molecule has 1 aromatic rings. The van der Waals surface area contributed by atoms with Gasteiger partial charge in [-0.15, -0.1) is 0 Å². The molecule has 0 atom stereocenters. The van der Waals surface area contributed by atoms with Gasteiger partial charge in [0.05, 0.1) is 4.92 Å². The molecule has 0 aliphatic rings. The molecule has 0 spiro atoms. The number of halogens is 3. The summed E-state index contributed by atoms with van der Waals surface area (Å²) in [6, 6.07) is 2.79. The third kappa shape index (κ3) is 3.56. The summed E-state index contributed by atoms with van der Waals surface area (Å²) in [4.78, 5) is 9.57. The van der Waals surface area contributed by atoms with Gasteiger partial charge in [0.15, 0.2) is 0 Å². The summed E-state index contributed by atoms with van der Waals surface area (Å²) in [6.07, 6.45) is -1.04. The number of benzene rings is 1. The van der Waals surface area contributed by atoms with Gasteiger partial charge in [-0.3, -0.25) is 10.1 Å². The molecule has 1 rings (SSSR count). The van der Waals surface area contributed by atoms with Gasteiger partial charge in [-0.05, 0) is 24.6 Å². The van der Waals surface area contributed by atoms with Crippen molar-refractivity contribution in [2.24, 2.45) is 5.73 Å². The lowest BCUT2D eigenvalue weighted by Gasteiger charge is -2.07. The van der Waals surface area contributed by atoms with Gasteiger partial charge >= 0.3 is 6.18 Å². The van der Waals surface area contributed by atoms with E-state index in [1.807, 2.05) is 0 Å². The monoisotopic (exact) mass is 260 g/mol. The van der Waals surface area contributed by atoms with Gasteiger partial charge in [0, 0.05) is 6.07 Å². The lowest BCUT2D eigenvalue weighted by atomic mass is 10.1. The molecular formula is C11H11F3N2O2. The Morgan fingerprint density at radius 3 is 2.56 bits per heavy atom. The van der Waals surface area contributed by atoms with Crippen LogP contribution in [0.25, 0.3) is 6.08 Å². The second-order valence-corrected chi connectivity index (χ2v) is 3.51. The van der Waals surface area contributed by atoms with Crippen LogP contribution in [-0.4, -0.2) is 11.5 Å². The van der Waals surface area contributed by atoms with Gasteiger partial charge in [-0.25, -0.2) is 0 Å². The highest BCUT2D eigenvalue weighted by atomic mass is 19.4. The fourth-order valence-corrected chi connectivity index (χ4v) is 1.36. The summed E-state index contributed by atoms with van der Waals surface area (Å²) in [5.74, 6) is 0. The van der Waals surface area contributed by atoms with Crippen molar-refractivity contribution in [3.05, 3.63) is 45.5 Å². The maximum Gasteiger partial charge on any atom is 0.422 e. The normalized spacial score (nSPS) is 12.0. The number of rotatable bonds is 4. The maximum atomic E-state index is 12.5. The number of nitro groups is 1. The van der Waals surface area contributed by atoms with Crippen molar-refractivity contribution >= 4 is 11.8 Å². The number of nitro benzene ring substituents is 1. The fourth-order valence-electron chi connectivity index (χ4n) is 1.36. The van der Waals surface area contributed by atoms with Crippen molar-refractivity contribution in [1.29, 1.82) is 0 Å². The fraction of sp³-hybridized carbons (Fsp3) is 0.273. The molecule has 0 unspecified atom stereocenters. The molecule has 0 fully saturated rings. The van der Waals surface area contributed by atoms with E-state index in [-0.39, 0.29) is 0 Å². The Morgan fingerprint density at radius 1 is 1.39 bits per heavy atom. The summed E-state index contributed by atoms with van der Waals surface area (Å²) in [7, 11) is 0. The second kappa shape index (κ2) is 5.63. The third-order valence-electron chi connectivity index (χ3n) is 2.17. The Kier molecular flexibility index (Phi) is 4.43. The summed E-state index contributed by atoms with van der Waals surface area (Å²) in [6.45, 7) is 0.402. The first kappa shape index (κ1) is 14.2. The van der Waals surface area contributed by atoms with Crippen molar-refractivity contribution < 1.29 is 18.1 Å². The van der Waals surface area contributed by atoms with Crippen LogP contribution in [0.1, 0.15) is 17.5 Å². The lowest BCUT2D eigenvalue weighted by Crippen LogP contribution is -2.08. The molecule has 2 N–H and O–H groups in total. The zero-order valence-electron chi connectivity index (χ0n) is 9.28. The van der Waals surface area contributed by atoms with Crippen molar-refractivity contribution in [2.75, 3.05) is 6.54 Å². The third-order valence-corrected chi connectivity index (χ3v) is 2.17. The first-order chi connectivity index (χ1) is 8.36. The van der Waals surface area contributed by atoms with Crippen molar-refractivity contribution in [3.8, 4) is 0 Å².